The van der Waals surface area contributed by atoms with Crippen LogP contribution >= 0.6 is 0 Å². The Morgan fingerprint density at radius 2 is 1.88 bits per heavy atom. The monoisotopic (exact) mass is 449 g/mol. The average molecular weight is 450 g/mol. The van der Waals surface area contributed by atoms with Crippen molar-refractivity contribution in [2.24, 2.45) is 5.92 Å². The second kappa shape index (κ2) is 10.2. The van der Waals surface area contributed by atoms with E-state index in [1.807, 2.05) is 49.5 Å². The van der Waals surface area contributed by atoms with Crippen molar-refractivity contribution in [1.29, 1.82) is 0 Å². The number of hydrogen-bond acceptors (Lipinski definition) is 5. The first-order chi connectivity index (χ1) is 16.0. The maximum absolute atomic E-state index is 13.2. The molecule has 0 spiro atoms. The molecule has 4 rings (SSSR count). The number of rotatable bonds is 8. The van der Waals surface area contributed by atoms with E-state index in [0.29, 0.717) is 43.8 Å². The highest BCUT2D eigenvalue weighted by Gasteiger charge is 2.39. The van der Waals surface area contributed by atoms with Crippen LogP contribution in [0.1, 0.15) is 45.5 Å². The van der Waals surface area contributed by atoms with Crippen molar-refractivity contribution in [2.75, 3.05) is 45.3 Å². The van der Waals surface area contributed by atoms with Gasteiger partial charge < -0.3 is 14.5 Å². The number of hydrogen-bond donors (Lipinski definition) is 0. The van der Waals surface area contributed by atoms with Crippen LogP contribution in [0.2, 0.25) is 0 Å². The fraction of sp³-hybridized carbons (Fsp3) is 0.423. The minimum Gasteiger partial charge on any atom is -0.385 e. The molecule has 7 heteroatoms. The predicted octanol–water partition coefficient (Wildman–Crippen LogP) is 3.19. The number of imide groups is 1. The van der Waals surface area contributed by atoms with Crippen molar-refractivity contribution in [1.82, 2.24) is 9.80 Å². The highest BCUT2D eigenvalue weighted by atomic mass is 16.5. The summed E-state index contributed by atoms with van der Waals surface area (Å²) in [5.41, 5.74) is 2.76. The summed E-state index contributed by atoms with van der Waals surface area (Å²) in [6.07, 6.45) is 2.28. The summed E-state index contributed by atoms with van der Waals surface area (Å²) in [5.74, 6) is -0.537. The van der Waals surface area contributed by atoms with Gasteiger partial charge >= 0.3 is 0 Å². The fourth-order valence-corrected chi connectivity index (χ4v) is 4.79. The standard InChI is InChI=1S/C26H31N3O4/c1-27(17-19-9-4-3-5-10-19)24(30)20-11-7-14-28(18-20)22-13-6-12-21-23(22)26(32)29(25(21)31)15-8-16-33-2/h3-6,9-10,12-13,20H,7-8,11,14-18H2,1-2H3/t20-/m1/s1. The summed E-state index contributed by atoms with van der Waals surface area (Å²) < 4.78 is 5.07. The number of carbonyl (C=O) groups excluding carboxylic acids is 3. The molecule has 0 bridgehead atoms. The Hall–Kier alpha value is -3.19. The van der Waals surface area contributed by atoms with E-state index in [2.05, 4.69) is 4.90 Å². The van der Waals surface area contributed by atoms with Gasteiger partial charge in [-0.2, -0.15) is 0 Å². The first kappa shape index (κ1) is 23.0. The summed E-state index contributed by atoms with van der Waals surface area (Å²) >= 11 is 0. The molecule has 2 aliphatic heterocycles. The van der Waals surface area contributed by atoms with E-state index in [1.54, 1.807) is 18.1 Å². The summed E-state index contributed by atoms with van der Waals surface area (Å²) in [7, 11) is 3.44. The third kappa shape index (κ3) is 4.78. The van der Waals surface area contributed by atoms with Gasteiger partial charge in [0.05, 0.1) is 22.7 Å². The molecule has 0 unspecified atom stereocenters. The highest BCUT2D eigenvalue weighted by Crippen LogP contribution is 2.34. The molecule has 33 heavy (non-hydrogen) atoms. The van der Waals surface area contributed by atoms with Gasteiger partial charge in [0.15, 0.2) is 0 Å². The first-order valence-corrected chi connectivity index (χ1v) is 11.5. The second-order valence-electron chi connectivity index (χ2n) is 8.77. The van der Waals surface area contributed by atoms with E-state index in [1.165, 1.54) is 4.90 Å². The van der Waals surface area contributed by atoms with E-state index < -0.39 is 0 Å². The van der Waals surface area contributed by atoms with Crippen molar-refractivity contribution < 1.29 is 19.1 Å². The molecule has 0 aliphatic carbocycles. The number of piperidine rings is 1. The summed E-state index contributed by atoms with van der Waals surface area (Å²) in [6, 6.07) is 15.4. The van der Waals surface area contributed by atoms with Crippen LogP contribution in [0.4, 0.5) is 5.69 Å². The zero-order valence-electron chi connectivity index (χ0n) is 19.3. The molecular weight excluding hydrogens is 418 g/mol. The number of methoxy groups -OCH3 is 1. The number of fused-ring (bicyclic) bond motifs is 1. The van der Waals surface area contributed by atoms with Gasteiger partial charge in [0.25, 0.3) is 11.8 Å². The van der Waals surface area contributed by atoms with Gasteiger partial charge in [0.2, 0.25) is 5.91 Å². The normalized spacial score (nSPS) is 17.9. The number of carbonyl (C=O) groups is 3. The Balaban J connectivity index is 1.49. The molecule has 7 nitrogen and oxygen atoms in total. The molecule has 2 aromatic rings. The minimum atomic E-state index is -0.253. The van der Waals surface area contributed by atoms with Crippen LogP contribution in [0.3, 0.4) is 0 Å². The van der Waals surface area contributed by atoms with Crippen LogP contribution in [-0.4, -0.2) is 67.9 Å². The zero-order valence-corrected chi connectivity index (χ0v) is 19.3. The Morgan fingerprint density at radius 1 is 1.09 bits per heavy atom. The fourth-order valence-electron chi connectivity index (χ4n) is 4.79. The summed E-state index contributed by atoms with van der Waals surface area (Å²) in [5, 5.41) is 0. The van der Waals surface area contributed by atoms with Gasteiger partial charge in [-0.05, 0) is 37.0 Å². The van der Waals surface area contributed by atoms with Gasteiger partial charge in [-0.1, -0.05) is 36.4 Å². The lowest BCUT2D eigenvalue weighted by Gasteiger charge is -2.36. The molecule has 0 radical (unpaired) electrons. The van der Waals surface area contributed by atoms with Gasteiger partial charge in [0.1, 0.15) is 0 Å². The average Bonchev–Trinajstić information content (AvgIpc) is 3.09. The molecule has 0 aromatic heterocycles. The quantitative estimate of drug-likeness (QED) is 0.457. The molecular formula is C26H31N3O4. The molecule has 1 saturated heterocycles. The minimum absolute atomic E-state index is 0.111. The van der Waals surface area contributed by atoms with Crippen LogP contribution < -0.4 is 4.90 Å². The molecule has 3 amide bonds. The molecule has 2 aliphatic rings. The van der Waals surface area contributed by atoms with Crippen LogP contribution in [-0.2, 0) is 16.1 Å². The van der Waals surface area contributed by atoms with Gasteiger partial charge in [-0.15, -0.1) is 0 Å². The lowest BCUT2D eigenvalue weighted by Crippen LogP contribution is -2.44. The van der Waals surface area contributed by atoms with Crippen molar-refractivity contribution in [2.45, 2.75) is 25.8 Å². The highest BCUT2D eigenvalue weighted by molar-refractivity contribution is 6.23. The third-order valence-corrected chi connectivity index (χ3v) is 6.46. The molecule has 0 saturated carbocycles. The Morgan fingerprint density at radius 3 is 2.64 bits per heavy atom. The molecule has 1 atom stereocenters. The third-order valence-electron chi connectivity index (χ3n) is 6.46. The number of benzene rings is 2. The second-order valence-corrected chi connectivity index (χ2v) is 8.77. The van der Waals surface area contributed by atoms with Crippen LogP contribution in [0.15, 0.2) is 48.5 Å². The summed E-state index contributed by atoms with van der Waals surface area (Å²) in [6.45, 7) is 2.70. The number of ether oxygens (including phenoxy) is 1. The Bertz CT molecular complexity index is 1020. The first-order valence-electron chi connectivity index (χ1n) is 11.5. The van der Waals surface area contributed by atoms with Crippen molar-refractivity contribution in [3.63, 3.8) is 0 Å². The molecule has 0 N–H and O–H groups in total. The maximum Gasteiger partial charge on any atom is 0.263 e. The van der Waals surface area contributed by atoms with E-state index in [-0.39, 0.29) is 23.6 Å². The largest absolute Gasteiger partial charge is 0.385 e. The summed E-state index contributed by atoms with van der Waals surface area (Å²) in [4.78, 5) is 44.4. The van der Waals surface area contributed by atoms with Crippen LogP contribution in [0, 0.1) is 5.92 Å². The van der Waals surface area contributed by atoms with Crippen LogP contribution in [0.25, 0.3) is 0 Å². The van der Waals surface area contributed by atoms with Crippen molar-refractivity contribution in [3.8, 4) is 0 Å². The van der Waals surface area contributed by atoms with E-state index in [0.717, 1.165) is 30.6 Å². The number of anilines is 1. The predicted molar refractivity (Wildman–Crippen MR) is 126 cm³/mol. The number of nitrogens with zero attached hydrogens (tertiary/aromatic N) is 3. The molecule has 2 aromatic carbocycles. The van der Waals surface area contributed by atoms with Crippen LogP contribution in [0.5, 0.6) is 0 Å². The topological polar surface area (TPSA) is 70.2 Å². The van der Waals surface area contributed by atoms with Gasteiger partial charge in [-0.3, -0.25) is 19.3 Å². The Labute approximate surface area is 194 Å². The maximum atomic E-state index is 13.2. The Kier molecular flexibility index (Phi) is 7.08. The molecule has 174 valence electrons. The van der Waals surface area contributed by atoms with Crippen molar-refractivity contribution in [3.05, 3.63) is 65.2 Å². The smallest absolute Gasteiger partial charge is 0.263 e. The number of amides is 3. The SMILES string of the molecule is COCCCN1C(=O)c2cccc(N3CCC[C@@H](C(=O)N(C)Cc4ccccc4)C3)c2C1=O. The van der Waals surface area contributed by atoms with E-state index in [9.17, 15) is 14.4 Å². The molecule has 2 heterocycles. The van der Waals surface area contributed by atoms with Crippen molar-refractivity contribution >= 4 is 23.4 Å². The van der Waals surface area contributed by atoms with Gasteiger partial charge in [0, 0.05) is 46.9 Å². The van der Waals surface area contributed by atoms with Gasteiger partial charge in [-0.25, -0.2) is 0 Å². The van der Waals surface area contributed by atoms with E-state index >= 15 is 0 Å². The van der Waals surface area contributed by atoms with E-state index in [4.69, 9.17) is 4.74 Å². The lowest BCUT2D eigenvalue weighted by molar-refractivity contribution is -0.135. The molecule has 1 fully saturated rings. The zero-order chi connectivity index (χ0) is 23.4. The lowest BCUT2D eigenvalue weighted by atomic mass is 9.94.